The topological polar surface area (TPSA) is 95.7 Å². The van der Waals surface area contributed by atoms with Crippen LogP contribution in [-0.2, 0) is 14.3 Å². The molecular weight excluding hydrogens is 302 g/mol. The van der Waals surface area contributed by atoms with E-state index in [1.54, 1.807) is 6.92 Å². The number of ether oxygens (including phenoxy) is 2. The number of nitrogens with zero attached hydrogens (tertiary/aromatic N) is 1. The van der Waals surface area contributed by atoms with Crippen LogP contribution >= 0.6 is 0 Å². The number of carbonyl (C=O) groups excluding carboxylic acids is 2. The second-order valence-electron chi connectivity index (χ2n) is 5.49. The van der Waals surface area contributed by atoms with E-state index in [0.29, 0.717) is 37.9 Å². The van der Waals surface area contributed by atoms with E-state index in [1.165, 1.54) is 24.3 Å². The van der Waals surface area contributed by atoms with E-state index >= 15 is 0 Å². The second kappa shape index (κ2) is 7.71. The van der Waals surface area contributed by atoms with Gasteiger partial charge < -0.3 is 9.47 Å². The average molecular weight is 321 g/mol. The summed E-state index contributed by atoms with van der Waals surface area (Å²) in [5, 5.41) is 10.6. The van der Waals surface area contributed by atoms with Crippen molar-refractivity contribution in [3.8, 4) is 5.75 Å². The number of non-ortho nitro benzene ring substituents is 1. The van der Waals surface area contributed by atoms with Crippen LogP contribution in [-0.4, -0.2) is 23.0 Å². The van der Waals surface area contributed by atoms with Gasteiger partial charge in [0.2, 0.25) is 0 Å². The highest BCUT2D eigenvalue weighted by atomic mass is 16.6. The normalized spacial score (nSPS) is 20.6. The molecule has 0 aromatic heterocycles. The Hall–Kier alpha value is -2.44. The molecule has 2 rings (SSSR count). The van der Waals surface area contributed by atoms with E-state index in [2.05, 4.69) is 0 Å². The molecule has 1 aromatic carbocycles. The molecule has 1 aliphatic rings. The molecule has 1 aliphatic carbocycles. The van der Waals surface area contributed by atoms with Crippen molar-refractivity contribution in [2.45, 2.75) is 45.1 Å². The van der Waals surface area contributed by atoms with Gasteiger partial charge in [-0.25, -0.2) is 0 Å². The van der Waals surface area contributed by atoms with Gasteiger partial charge >= 0.3 is 11.9 Å². The third-order valence-corrected chi connectivity index (χ3v) is 3.86. The van der Waals surface area contributed by atoms with Crippen molar-refractivity contribution in [3.63, 3.8) is 0 Å². The lowest BCUT2D eigenvalue weighted by Crippen LogP contribution is -2.30. The number of nitro groups is 1. The summed E-state index contributed by atoms with van der Waals surface area (Å²) in [7, 11) is 0. The molecule has 0 N–H and O–H groups in total. The SMILES string of the molecule is CCC(=O)OC1CCC(C(=O)Oc2ccc([N+](=O)[O-])cc2)CC1. The first-order valence-corrected chi connectivity index (χ1v) is 7.65. The number of hydrogen-bond acceptors (Lipinski definition) is 6. The minimum atomic E-state index is -0.509. The molecule has 0 unspecified atom stereocenters. The largest absolute Gasteiger partial charge is 0.462 e. The van der Waals surface area contributed by atoms with E-state index in [-0.39, 0.29) is 29.6 Å². The van der Waals surface area contributed by atoms with Gasteiger partial charge in [0.05, 0.1) is 10.8 Å². The Morgan fingerprint density at radius 1 is 1.17 bits per heavy atom. The molecule has 124 valence electrons. The summed E-state index contributed by atoms with van der Waals surface area (Å²) < 4.78 is 10.5. The van der Waals surface area contributed by atoms with E-state index in [9.17, 15) is 19.7 Å². The molecular formula is C16H19NO6. The molecule has 0 aliphatic heterocycles. The third-order valence-electron chi connectivity index (χ3n) is 3.86. The highest BCUT2D eigenvalue weighted by Gasteiger charge is 2.29. The number of esters is 2. The van der Waals surface area contributed by atoms with Gasteiger partial charge in [0.15, 0.2) is 0 Å². The Bertz CT molecular complexity index is 575. The summed E-state index contributed by atoms with van der Waals surface area (Å²) in [6.45, 7) is 1.75. The Morgan fingerprint density at radius 3 is 2.30 bits per heavy atom. The van der Waals surface area contributed by atoms with Gasteiger partial charge in [-0.2, -0.15) is 0 Å². The maximum atomic E-state index is 12.1. The van der Waals surface area contributed by atoms with Crippen molar-refractivity contribution >= 4 is 17.6 Å². The average Bonchev–Trinajstić information content (AvgIpc) is 2.55. The van der Waals surface area contributed by atoms with Gasteiger partial charge in [-0.15, -0.1) is 0 Å². The summed E-state index contributed by atoms with van der Waals surface area (Å²) in [6.07, 6.45) is 2.73. The molecule has 7 nitrogen and oxygen atoms in total. The van der Waals surface area contributed by atoms with E-state index in [0.717, 1.165) is 0 Å². The van der Waals surface area contributed by atoms with Crippen LogP contribution in [0.15, 0.2) is 24.3 Å². The minimum Gasteiger partial charge on any atom is -0.462 e. The second-order valence-corrected chi connectivity index (χ2v) is 5.49. The van der Waals surface area contributed by atoms with Crippen LogP contribution in [0, 0.1) is 16.0 Å². The fraction of sp³-hybridized carbons (Fsp3) is 0.500. The number of rotatable bonds is 5. The molecule has 23 heavy (non-hydrogen) atoms. The third kappa shape index (κ3) is 4.77. The Kier molecular flexibility index (Phi) is 5.67. The molecule has 1 aromatic rings. The number of benzene rings is 1. The van der Waals surface area contributed by atoms with Crippen LogP contribution in [0.1, 0.15) is 39.0 Å². The van der Waals surface area contributed by atoms with Gasteiger partial charge in [0.25, 0.3) is 5.69 Å². The summed E-state index contributed by atoms with van der Waals surface area (Å²) in [6, 6.07) is 5.41. The van der Waals surface area contributed by atoms with Crippen LogP contribution < -0.4 is 4.74 Å². The number of hydrogen-bond donors (Lipinski definition) is 0. The van der Waals surface area contributed by atoms with Crippen LogP contribution in [0.25, 0.3) is 0 Å². The van der Waals surface area contributed by atoms with Crippen molar-refractivity contribution in [2.75, 3.05) is 0 Å². The molecule has 1 saturated carbocycles. The maximum absolute atomic E-state index is 12.1. The van der Waals surface area contributed by atoms with Crippen LogP contribution in [0.3, 0.4) is 0 Å². The summed E-state index contributed by atoms with van der Waals surface area (Å²) in [4.78, 5) is 33.4. The lowest BCUT2D eigenvalue weighted by atomic mass is 9.87. The fourth-order valence-electron chi connectivity index (χ4n) is 2.52. The lowest BCUT2D eigenvalue weighted by molar-refractivity contribution is -0.384. The first-order chi connectivity index (χ1) is 11.0. The standard InChI is InChI=1S/C16H19NO6/c1-2-15(18)22-13-7-3-11(4-8-13)16(19)23-14-9-5-12(6-10-14)17(20)21/h5-6,9-11,13H,2-4,7-8H2,1H3. The number of nitro benzene ring substituents is 1. The minimum absolute atomic E-state index is 0.0527. The Morgan fingerprint density at radius 2 is 1.78 bits per heavy atom. The molecule has 0 spiro atoms. The maximum Gasteiger partial charge on any atom is 0.314 e. The van der Waals surface area contributed by atoms with Gasteiger partial charge in [0, 0.05) is 18.6 Å². The van der Waals surface area contributed by atoms with Crippen molar-refractivity contribution in [1.82, 2.24) is 0 Å². The van der Waals surface area contributed by atoms with Crippen molar-refractivity contribution in [1.29, 1.82) is 0 Å². The van der Waals surface area contributed by atoms with Crippen LogP contribution in [0.4, 0.5) is 5.69 Å². The Labute approximate surface area is 133 Å². The van der Waals surface area contributed by atoms with Gasteiger partial charge in [-0.05, 0) is 37.8 Å². The molecule has 1 fully saturated rings. The zero-order valence-electron chi connectivity index (χ0n) is 12.9. The van der Waals surface area contributed by atoms with Crippen molar-refractivity contribution < 1.29 is 24.0 Å². The highest BCUT2D eigenvalue weighted by molar-refractivity contribution is 5.75. The van der Waals surface area contributed by atoms with Crippen molar-refractivity contribution in [2.24, 2.45) is 5.92 Å². The predicted octanol–water partition coefficient (Wildman–Crippen LogP) is 3.01. The van der Waals surface area contributed by atoms with Gasteiger partial charge in [-0.1, -0.05) is 6.92 Å². The monoisotopic (exact) mass is 321 g/mol. The molecule has 0 heterocycles. The zero-order valence-corrected chi connectivity index (χ0v) is 12.9. The summed E-state index contributed by atoms with van der Waals surface area (Å²) >= 11 is 0. The quantitative estimate of drug-likeness (QED) is 0.358. The lowest BCUT2D eigenvalue weighted by Gasteiger charge is -2.26. The highest BCUT2D eigenvalue weighted by Crippen LogP contribution is 2.28. The molecule has 7 heteroatoms. The van der Waals surface area contributed by atoms with E-state index in [1.807, 2.05) is 0 Å². The van der Waals surface area contributed by atoms with E-state index in [4.69, 9.17) is 9.47 Å². The van der Waals surface area contributed by atoms with Crippen LogP contribution in [0.5, 0.6) is 5.75 Å². The molecule has 0 bridgehead atoms. The van der Waals surface area contributed by atoms with Crippen molar-refractivity contribution in [3.05, 3.63) is 34.4 Å². The van der Waals surface area contributed by atoms with Gasteiger partial charge in [0.1, 0.15) is 11.9 Å². The summed E-state index contributed by atoms with van der Waals surface area (Å²) in [5.41, 5.74) is -0.0527. The first kappa shape index (κ1) is 16.9. The molecule has 0 saturated heterocycles. The fourth-order valence-corrected chi connectivity index (χ4v) is 2.52. The first-order valence-electron chi connectivity index (χ1n) is 7.65. The predicted molar refractivity (Wildman–Crippen MR) is 80.9 cm³/mol. The Balaban J connectivity index is 1.83. The molecule has 0 atom stereocenters. The zero-order chi connectivity index (χ0) is 16.8. The summed E-state index contributed by atoms with van der Waals surface area (Å²) in [5.74, 6) is -0.511. The van der Waals surface area contributed by atoms with Crippen LogP contribution in [0.2, 0.25) is 0 Å². The molecule has 0 amide bonds. The number of carbonyl (C=O) groups is 2. The van der Waals surface area contributed by atoms with E-state index < -0.39 is 4.92 Å². The smallest absolute Gasteiger partial charge is 0.314 e. The van der Waals surface area contributed by atoms with Gasteiger partial charge in [-0.3, -0.25) is 19.7 Å². The molecule has 0 radical (unpaired) electrons.